The van der Waals surface area contributed by atoms with Crippen LogP contribution in [0.5, 0.6) is 0 Å². The number of nitrogens with zero attached hydrogens (tertiary/aromatic N) is 3. The summed E-state index contributed by atoms with van der Waals surface area (Å²) in [4.78, 5) is 6.94. The van der Waals surface area contributed by atoms with Gasteiger partial charge in [-0.25, -0.2) is 5.10 Å². The molecule has 0 atom stereocenters. The Balaban J connectivity index is 1.57. The van der Waals surface area contributed by atoms with Crippen LogP contribution in [0.25, 0.3) is 0 Å². The molecule has 0 amide bonds. The maximum Gasteiger partial charge on any atom is 0.218 e. The number of benzene rings is 1. The van der Waals surface area contributed by atoms with Gasteiger partial charge in [-0.1, -0.05) is 30.3 Å². The smallest absolute Gasteiger partial charge is 0.218 e. The molecule has 2 N–H and O–H groups in total. The number of anilines is 1. The quantitative estimate of drug-likeness (QED) is 0.895. The molecule has 0 aliphatic carbocycles. The molecule has 0 saturated carbocycles. The maximum atomic E-state index is 4.58. The molecule has 1 aliphatic heterocycles. The second-order valence-electron chi connectivity index (χ2n) is 5.46. The first-order valence-electron chi connectivity index (χ1n) is 7.20. The van der Waals surface area contributed by atoms with Gasteiger partial charge in [0.1, 0.15) is 0 Å². The van der Waals surface area contributed by atoms with Gasteiger partial charge in [-0.05, 0) is 38.5 Å². The highest BCUT2D eigenvalue weighted by Crippen LogP contribution is 2.25. The van der Waals surface area contributed by atoms with E-state index in [1.165, 1.54) is 5.56 Å². The molecular weight excluding hydrogens is 250 g/mol. The zero-order valence-electron chi connectivity index (χ0n) is 11.8. The first-order valence-corrected chi connectivity index (χ1v) is 7.20. The van der Waals surface area contributed by atoms with Crippen molar-refractivity contribution in [2.75, 3.05) is 25.5 Å². The Morgan fingerprint density at radius 3 is 2.75 bits per heavy atom. The Bertz CT molecular complexity index is 528. The van der Waals surface area contributed by atoms with Gasteiger partial charge in [0.15, 0.2) is 5.82 Å². The highest BCUT2D eigenvalue weighted by atomic mass is 15.3. The average Bonchev–Trinajstić information content (AvgIpc) is 2.96. The molecule has 2 heterocycles. The van der Waals surface area contributed by atoms with Crippen molar-refractivity contribution in [3.8, 4) is 0 Å². The topological polar surface area (TPSA) is 56.8 Å². The van der Waals surface area contributed by atoms with Crippen molar-refractivity contribution in [2.45, 2.75) is 25.3 Å². The fraction of sp³-hybridized carbons (Fsp3) is 0.467. The Hall–Kier alpha value is -1.88. The van der Waals surface area contributed by atoms with Crippen LogP contribution in [0.4, 0.5) is 5.95 Å². The number of hydrogen-bond acceptors (Lipinski definition) is 4. The van der Waals surface area contributed by atoms with E-state index in [1.54, 1.807) is 0 Å². The molecule has 0 unspecified atom stereocenters. The van der Waals surface area contributed by atoms with Gasteiger partial charge in [-0.2, -0.15) is 10.1 Å². The number of piperidine rings is 1. The lowest BCUT2D eigenvalue weighted by atomic mass is 9.97. The second-order valence-corrected chi connectivity index (χ2v) is 5.46. The van der Waals surface area contributed by atoms with Crippen molar-refractivity contribution < 1.29 is 0 Å². The fourth-order valence-electron chi connectivity index (χ4n) is 2.58. The van der Waals surface area contributed by atoms with Crippen molar-refractivity contribution in [3.05, 3.63) is 41.7 Å². The molecule has 1 saturated heterocycles. The van der Waals surface area contributed by atoms with Crippen molar-refractivity contribution >= 4 is 5.95 Å². The minimum absolute atomic E-state index is 0.495. The molecule has 1 fully saturated rings. The lowest BCUT2D eigenvalue weighted by Gasteiger charge is -2.26. The van der Waals surface area contributed by atoms with E-state index in [4.69, 9.17) is 0 Å². The third kappa shape index (κ3) is 3.17. The summed E-state index contributed by atoms with van der Waals surface area (Å²) < 4.78 is 0. The molecule has 0 spiro atoms. The number of aromatic nitrogens is 3. The molecular formula is C15H21N5. The van der Waals surface area contributed by atoms with Crippen molar-refractivity contribution in [1.82, 2.24) is 20.1 Å². The summed E-state index contributed by atoms with van der Waals surface area (Å²) in [7, 11) is 2.17. The Kier molecular flexibility index (Phi) is 3.97. The van der Waals surface area contributed by atoms with Gasteiger partial charge in [-0.3, -0.25) is 0 Å². The van der Waals surface area contributed by atoms with E-state index in [0.717, 1.165) is 44.2 Å². The standard InChI is InChI=1S/C15H21N5/c1-20-9-7-13(8-10-20)14-17-15(19-18-14)16-11-12-5-3-2-4-6-12/h2-6,13H,7-11H2,1H3,(H2,16,17,18,19). The minimum Gasteiger partial charge on any atom is -0.351 e. The van der Waals surface area contributed by atoms with Gasteiger partial charge in [0.25, 0.3) is 0 Å². The van der Waals surface area contributed by atoms with Gasteiger partial charge in [-0.15, -0.1) is 0 Å². The summed E-state index contributed by atoms with van der Waals surface area (Å²) in [6, 6.07) is 10.3. The van der Waals surface area contributed by atoms with Gasteiger partial charge in [0.2, 0.25) is 5.95 Å². The molecule has 5 heteroatoms. The average molecular weight is 271 g/mol. The van der Waals surface area contributed by atoms with Crippen LogP contribution in [-0.4, -0.2) is 40.2 Å². The van der Waals surface area contributed by atoms with E-state index in [0.29, 0.717) is 5.92 Å². The van der Waals surface area contributed by atoms with Crippen LogP contribution in [0.1, 0.15) is 30.1 Å². The number of nitrogens with one attached hydrogen (secondary N) is 2. The summed E-state index contributed by atoms with van der Waals surface area (Å²) in [5.41, 5.74) is 1.24. The molecule has 2 aromatic rings. The van der Waals surface area contributed by atoms with Crippen molar-refractivity contribution in [1.29, 1.82) is 0 Å². The first kappa shape index (κ1) is 13.1. The number of hydrogen-bond donors (Lipinski definition) is 2. The zero-order valence-corrected chi connectivity index (χ0v) is 11.8. The van der Waals surface area contributed by atoms with Gasteiger partial charge in [0.05, 0.1) is 0 Å². The normalized spacial score (nSPS) is 17.2. The summed E-state index contributed by atoms with van der Waals surface area (Å²) in [6.45, 7) is 3.03. The molecule has 0 radical (unpaired) electrons. The molecule has 20 heavy (non-hydrogen) atoms. The Morgan fingerprint density at radius 1 is 1.25 bits per heavy atom. The lowest BCUT2D eigenvalue weighted by molar-refractivity contribution is 0.251. The van der Waals surface area contributed by atoms with E-state index >= 15 is 0 Å². The highest BCUT2D eigenvalue weighted by Gasteiger charge is 2.21. The molecule has 1 aromatic heterocycles. The number of likely N-dealkylation sites (tertiary alicyclic amines) is 1. The largest absolute Gasteiger partial charge is 0.351 e. The monoisotopic (exact) mass is 271 g/mol. The molecule has 1 aromatic carbocycles. The van der Waals surface area contributed by atoms with Crippen LogP contribution in [0.3, 0.4) is 0 Å². The summed E-state index contributed by atoms with van der Waals surface area (Å²) in [6.07, 6.45) is 2.29. The summed E-state index contributed by atoms with van der Waals surface area (Å²) in [5, 5.41) is 10.6. The number of H-pyrrole nitrogens is 1. The summed E-state index contributed by atoms with van der Waals surface area (Å²) in [5.74, 6) is 2.21. The Labute approximate surface area is 119 Å². The second kappa shape index (κ2) is 6.05. The number of aromatic amines is 1. The van der Waals surface area contributed by atoms with Gasteiger partial charge in [0, 0.05) is 12.5 Å². The van der Waals surface area contributed by atoms with E-state index in [1.807, 2.05) is 18.2 Å². The van der Waals surface area contributed by atoms with Crippen LogP contribution in [-0.2, 0) is 6.54 Å². The van der Waals surface area contributed by atoms with Gasteiger partial charge < -0.3 is 10.2 Å². The minimum atomic E-state index is 0.495. The van der Waals surface area contributed by atoms with Crippen LogP contribution in [0, 0.1) is 0 Å². The predicted molar refractivity (Wildman–Crippen MR) is 79.6 cm³/mol. The molecule has 5 nitrogen and oxygen atoms in total. The molecule has 106 valence electrons. The highest BCUT2D eigenvalue weighted by molar-refractivity contribution is 5.27. The van der Waals surface area contributed by atoms with E-state index in [-0.39, 0.29) is 0 Å². The third-order valence-corrected chi connectivity index (χ3v) is 3.89. The molecule has 1 aliphatic rings. The van der Waals surface area contributed by atoms with Crippen molar-refractivity contribution in [3.63, 3.8) is 0 Å². The van der Waals surface area contributed by atoms with E-state index in [9.17, 15) is 0 Å². The van der Waals surface area contributed by atoms with E-state index < -0.39 is 0 Å². The molecule has 3 rings (SSSR count). The maximum absolute atomic E-state index is 4.58. The van der Waals surface area contributed by atoms with Gasteiger partial charge >= 0.3 is 0 Å². The SMILES string of the molecule is CN1CCC(c2n[nH]c(NCc3ccccc3)n2)CC1. The first-order chi connectivity index (χ1) is 9.81. The number of rotatable bonds is 4. The van der Waals surface area contributed by atoms with Crippen molar-refractivity contribution in [2.24, 2.45) is 0 Å². The fourth-order valence-corrected chi connectivity index (χ4v) is 2.58. The van der Waals surface area contributed by atoms with E-state index in [2.05, 4.69) is 44.6 Å². The lowest BCUT2D eigenvalue weighted by Crippen LogP contribution is -2.29. The Morgan fingerprint density at radius 2 is 2.00 bits per heavy atom. The van der Waals surface area contributed by atoms with Crippen LogP contribution in [0.15, 0.2) is 30.3 Å². The zero-order chi connectivity index (χ0) is 13.8. The summed E-state index contributed by atoms with van der Waals surface area (Å²) >= 11 is 0. The van der Waals surface area contributed by atoms with Crippen LogP contribution >= 0.6 is 0 Å². The van der Waals surface area contributed by atoms with Crippen LogP contribution in [0.2, 0.25) is 0 Å². The van der Waals surface area contributed by atoms with Crippen LogP contribution < -0.4 is 5.32 Å². The molecule has 0 bridgehead atoms. The predicted octanol–water partition coefficient (Wildman–Crippen LogP) is 2.23. The third-order valence-electron chi connectivity index (χ3n) is 3.89.